The molecule has 0 saturated heterocycles. The van der Waals surface area contributed by atoms with E-state index in [1.807, 2.05) is 32.4 Å². The van der Waals surface area contributed by atoms with Gasteiger partial charge in [-0.15, -0.1) is 5.59 Å². The van der Waals surface area contributed by atoms with Gasteiger partial charge in [0.15, 0.2) is 0 Å². The van der Waals surface area contributed by atoms with Crippen molar-refractivity contribution in [2.75, 3.05) is 6.54 Å². The fourth-order valence-electron chi connectivity index (χ4n) is 4.28. The van der Waals surface area contributed by atoms with Crippen LogP contribution in [-0.2, 0) is 10.2 Å². The lowest BCUT2D eigenvalue weighted by Gasteiger charge is -2.32. The molecule has 1 unspecified atom stereocenters. The number of carbonyl (C=O) groups excluding carboxylic acids is 1. The van der Waals surface area contributed by atoms with Crippen molar-refractivity contribution in [3.05, 3.63) is 34.3 Å². The van der Waals surface area contributed by atoms with E-state index in [4.69, 9.17) is 16.3 Å². The summed E-state index contributed by atoms with van der Waals surface area (Å²) in [7, 11) is 0. The molecule has 5 nitrogen and oxygen atoms in total. The molecular formula is C23H37ClN2O3. The number of hydrogen-bond acceptors (Lipinski definition) is 4. The Hall–Kier alpha value is -1.30. The number of nitrogens with zero attached hydrogens (tertiary/aromatic N) is 1. The Balaban J connectivity index is 2.11. The highest BCUT2D eigenvalue weighted by Crippen LogP contribution is 2.46. The number of hydrazine groups is 1. The number of hydrogen-bond donors (Lipinski definition) is 2. The predicted molar refractivity (Wildman–Crippen MR) is 117 cm³/mol. The minimum Gasteiger partial charge on any atom is -0.443 e. The van der Waals surface area contributed by atoms with E-state index in [9.17, 15) is 10.0 Å². The summed E-state index contributed by atoms with van der Waals surface area (Å²) in [5, 5.41) is 11.4. The summed E-state index contributed by atoms with van der Waals surface area (Å²) in [6, 6.07) is 6.52. The van der Waals surface area contributed by atoms with Crippen LogP contribution in [0.1, 0.15) is 96.6 Å². The average Bonchev–Trinajstić information content (AvgIpc) is 3.13. The van der Waals surface area contributed by atoms with E-state index in [1.165, 1.54) is 24.0 Å². The molecule has 1 fully saturated rings. The highest BCUT2D eigenvalue weighted by molar-refractivity contribution is 6.31. The van der Waals surface area contributed by atoms with Gasteiger partial charge in [-0.2, -0.15) is 0 Å². The van der Waals surface area contributed by atoms with Crippen molar-refractivity contribution in [1.82, 2.24) is 10.6 Å². The lowest BCUT2D eigenvalue weighted by atomic mass is 9.74. The second-order valence-electron chi connectivity index (χ2n) is 9.37. The molecule has 0 aromatic heterocycles. The van der Waals surface area contributed by atoms with E-state index in [2.05, 4.69) is 26.0 Å². The van der Waals surface area contributed by atoms with E-state index in [0.29, 0.717) is 12.5 Å². The van der Waals surface area contributed by atoms with Gasteiger partial charge in [0.25, 0.3) is 0 Å². The molecular weight excluding hydrogens is 388 g/mol. The smallest absolute Gasteiger partial charge is 0.426 e. The highest BCUT2D eigenvalue weighted by atomic mass is 35.5. The van der Waals surface area contributed by atoms with Crippen molar-refractivity contribution in [2.45, 2.75) is 96.5 Å². The number of nitrogens with one attached hydrogen (secondary N) is 1. The molecule has 1 aromatic carbocycles. The van der Waals surface area contributed by atoms with Crippen LogP contribution in [0.5, 0.6) is 0 Å². The van der Waals surface area contributed by atoms with Gasteiger partial charge >= 0.3 is 6.09 Å². The SMILES string of the molecule is CCC(C)c1cc(C2(CCCN(NO)C(=O)OC(C)(C)C)CCCC2)ccc1Cl. The fourth-order valence-corrected chi connectivity index (χ4v) is 4.58. The molecule has 6 heteroatoms. The zero-order valence-electron chi connectivity index (χ0n) is 18.6. The molecule has 0 heterocycles. The van der Waals surface area contributed by atoms with Crippen LogP contribution in [0.15, 0.2) is 18.2 Å². The van der Waals surface area contributed by atoms with Crippen LogP contribution < -0.4 is 5.59 Å². The molecule has 1 atom stereocenters. The van der Waals surface area contributed by atoms with E-state index in [0.717, 1.165) is 42.1 Å². The van der Waals surface area contributed by atoms with Gasteiger partial charge in [0.05, 0.1) is 0 Å². The van der Waals surface area contributed by atoms with Crippen molar-refractivity contribution < 1.29 is 14.7 Å². The molecule has 2 N–H and O–H groups in total. The molecule has 1 aromatic rings. The summed E-state index contributed by atoms with van der Waals surface area (Å²) in [5.41, 5.74) is 4.08. The first-order valence-electron chi connectivity index (χ1n) is 10.8. The van der Waals surface area contributed by atoms with Crippen molar-refractivity contribution in [1.29, 1.82) is 0 Å². The molecule has 0 aliphatic heterocycles. The fraction of sp³-hybridized carbons (Fsp3) is 0.696. The van der Waals surface area contributed by atoms with Gasteiger partial charge in [0.2, 0.25) is 0 Å². The van der Waals surface area contributed by atoms with Crippen molar-refractivity contribution in [2.24, 2.45) is 0 Å². The number of carbonyl (C=O) groups is 1. The third-order valence-corrected chi connectivity index (χ3v) is 6.43. The number of benzene rings is 1. The van der Waals surface area contributed by atoms with E-state index in [-0.39, 0.29) is 5.41 Å². The molecule has 29 heavy (non-hydrogen) atoms. The van der Waals surface area contributed by atoms with Gasteiger partial charge in [-0.25, -0.2) is 9.80 Å². The van der Waals surface area contributed by atoms with Gasteiger partial charge < -0.3 is 4.74 Å². The summed E-state index contributed by atoms with van der Waals surface area (Å²) in [6.45, 7) is 10.2. The quantitative estimate of drug-likeness (QED) is 0.463. The van der Waals surface area contributed by atoms with Crippen molar-refractivity contribution in [3.8, 4) is 0 Å². The number of rotatable bonds is 8. The first kappa shape index (κ1) is 24.0. The van der Waals surface area contributed by atoms with Crippen LogP contribution in [0.4, 0.5) is 4.79 Å². The summed E-state index contributed by atoms with van der Waals surface area (Å²) in [6.07, 6.45) is 6.95. The van der Waals surface area contributed by atoms with Gasteiger partial charge in [0.1, 0.15) is 5.60 Å². The summed E-state index contributed by atoms with van der Waals surface area (Å²) in [4.78, 5) is 12.2. The standard InChI is InChI=1S/C23H37ClN2O3/c1-6-17(2)19-16-18(10-11-20(19)24)23(12-7-8-13-23)14-9-15-26(25-28)21(27)29-22(3,4)5/h10-11,16-17,25,28H,6-9,12-15H2,1-5H3. The van der Waals surface area contributed by atoms with Gasteiger partial charge in [0, 0.05) is 11.6 Å². The second-order valence-corrected chi connectivity index (χ2v) is 9.78. The molecule has 164 valence electrons. The third-order valence-electron chi connectivity index (χ3n) is 6.08. The number of halogens is 1. The normalized spacial score (nSPS) is 17.2. The Morgan fingerprint density at radius 3 is 2.55 bits per heavy atom. The van der Waals surface area contributed by atoms with Gasteiger partial charge in [-0.05, 0) is 81.4 Å². The summed E-state index contributed by atoms with van der Waals surface area (Å²) < 4.78 is 5.34. The Bertz CT molecular complexity index is 681. The Kier molecular flexibility index (Phi) is 8.38. The molecule has 1 saturated carbocycles. The molecule has 1 aliphatic carbocycles. The van der Waals surface area contributed by atoms with Gasteiger partial charge in [-0.1, -0.05) is 50.4 Å². The molecule has 0 bridgehead atoms. The van der Waals surface area contributed by atoms with Crippen LogP contribution in [0.3, 0.4) is 0 Å². The highest BCUT2D eigenvalue weighted by Gasteiger charge is 2.36. The molecule has 1 aliphatic rings. The maximum absolute atomic E-state index is 12.2. The number of amides is 1. The predicted octanol–water partition coefficient (Wildman–Crippen LogP) is 6.58. The van der Waals surface area contributed by atoms with Crippen LogP contribution in [0.2, 0.25) is 5.02 Å². The first-order chi connectivity index (χ1) is 13.6. The third kappa shape index (κ3) is 6.34. The van der Waals surface area contributed by atoms with Crippen molar-refractivity contribution in [3.63, 3.8) is 0 Å². The first-order valence-corrected chi connectivity index (χ1v) is 11.2. The zero-order valence-corrected chi connectivity index (χ0v) is 19.3. The van der Waals surface area contributed by atoms with Crippen LogP contribution in [0, 0.1) is 0 Å². The van der Waals surface area contributed by atoms with Gasteiger partial charge in [-0.3, -0.25) is 5.21 Å². The molecule has 2 rings (SSSR count). The second kappa shape index (κ2) is 10.1. The molecule has 0 spiro atoms. The minimum absolute atomic E-state index is 0.113. The van der Waals surface area contributed by atoms with Crippen LogP contribution in [-0.4, -0.2) is 28.5 Å². The van der Waals surface area contributed by atoms with E-state index >= 15 is 0 Å². The topological polar surface area (TPSA) is 61.8 Å². The summed E-state index contributed by atoms with van der Waals surface area (Å²) in [5.74, 6) is 0.433. The Labute approximate surface area is 180 Å². The lowest BCUT2D eigenvalue weighted by Crippen LogP contribution is -2.44. The maximum atomic E-state index is 12.2. The molecule has 0 radical (unpaired) electrons. The Morgan fingerprint density at radius 2 is 2.00 bits per heavy atom. The Morgan fingerprint density at radius 1 is 1.34 bits per heavy atom. The lowest BCUT2D eigenvalue weighted by molar-refractivity contribution is -0.0450. The van der Waals surface area contributed by atoms with Crippen LogP contribution >= 0.6 is 11.6 Å². The molecule has 1 amide bonds. The maximum Gasteiger partial charge on any atom is 0.426 e. The minimum atomic E-state index is -0.603. The van der Waals surface area contributed by atoms with E-state index in [1.54, 1.807) is 0 Å². The monoisotopic (exact) mass is 424 g/mol. The zero-order chi connectivity index (χ0) is 21.7. The van der Waals surface area contributed by atoms with E-state index < -0.39 is 11.7 Å². The number of ether oxygens (including phenoxy) is 1. The van der Waals surface area contributed by atoms with Crippen LogP contribution in [0.25, 0.3) is 0 Å². The van der Waals surface area contributed by atoms with Crippen molar-refractivity contribution >= 4 is 17.7 Å². The summed E-state index contributed by atoms with van der Waals surface area (Å²) >= 11 is 6.48. The average molecular weight is 425 g/mol. The largest absolute Gasteiger partial charge is 0.443 e.